The molecule has 6 heteroatoms. The Balaban J connectivity index is 3.86. The highest BCUT2D eigenvalue weighted by Gasteiger charge is 2.17. The first kappa shape index (κ1) is 11.4. The molecule has 0 saturated heterocycles. The SMILES string of the molecule is C=CCNC(=O)N[C@@H](CO)C(=O)O. The van der Waals surface area contributed by atoms with Gasteiger partial charge in [0.25, 0.3) is 0 Å². The maximum Gasteiger partial charge on any atom is 0.328 e. The Kier molecular flexibility index (Phi) is 5.29. The lowest BCUT2D eigenvalue weighted by molar-refractivity contribution is -0.140. The molecule has 0 aliphatic rings. The van der Waals surface area contributed by atoms with Gasteiger partial charge in [0.2, 0.25) is 0 Å². The van der Waals surface area contributed by atoms with Gasteiger partial charge in [-0.3, -0.25) is 0 Å². The van der Waals surface area contributed by atoms with E-state index in [1.807, 2.05) is 0 Å². The van der Waals surface area contributed by atoms with Crippen molar-refractivity contribution in [2.75, 3.05) is 13.2 Å². The number of carbonyl (C=O) groups is 2. The maximum atomic E-state index is 10.8. The van der Waals surface area contributed by atoms with Crippen molar-refractivity contribution in [2.24, 2.45) is 0 Å². The summed E-state index contributed by atoms with van der Waals surface area (Å²) in [5.41, 5.74) is 0. The highest BCUT2D eigenvalue weighted by Crippen LogP contribution is 1.81. The van der Waals surface area contributed by atoms with E-state index in [4.69, 9.17) is 10.2 Å². The normalized spacial score (nSPS) is 11.5. The topological polar surface area (TPSA) is 98.7 Å². The third-order valence-electron chi connectivity index (χ3n) is 1.19. The number of aliphatic hydroxyl groups is 1. The van der Waals surface area contributed by atoms with E-state index in [0.717, 1.165) is 0 Å². The monoisotopic (exact) mass is 188 g/mol. The Morgan fingerprint density at radius 3 is 2.54 bits per heavy atom. The zero-order chi connectivity index (χ0) is 10.3. The number of aliphatic carboxylic acids is 1. The van der Waals surface area contributed by atoms with Gasteiger partial charge in [-0.2, -0.15) is 0 Å². The predicted octanol–water partition coefficient (Wildman–Crippen LogP) is -1.08. The van der Waals surface area contributed by atoms with Crippen LogP contribution in [0.3, 0.4) is 0 Å². The van der Waals surface area contributed by atoms with Gasteiger partial charge in [-0.05, 0) is 0 Å². The summed E-state index contributed by atoms with van der Waals surface area (Å²) in [6.07, 6.45) is 1.45. The zero-order valence-electron chi connectivity index (χ0n) is 6.99. The van der Waals surface area contributed by atoms with Crippen molar-refractivity contribution in [1.29, 1.82) is 0 Å². The Labute approximate surface area is 75.3 Å². The molecule has 0 rings (SSSR count). The molecule has 0 radical (unpaired) electrons. The number of carboxylic acids is 1. The minimum Gasteiger partial charge on any atom is -0.480 e. The van der Waals surface area contributed by atoms with Crippen LogP contribution in [-0.4, -0.2) is 41.4 Å². The molecule has 0 unspecified atom stereocenters. The second-order valence-electron chi connectivity index (χ2n) is 2.22. The van der Waals surface area contributed by atoms with Gasteiger partial charge in [-0.25, -0.2) is 9.59 Å². The Morgan fingerprint density at radius 1 is 1.54 bits per heavy atom. The van der Waals surface area contributed by atoms with E-state index in [1.54, 1.807) is 0 Å². The van der Waals surface area contributed by atoms with E-state index in [9.17, 15) is 9.59 Å². The van der Waals surface area contributed by atoms with Crippen LogP contribution in [0.4, 0.5) is 4.79 Å². The van der Waals surface area contributed by atoms with Crippen LogP contribution in [0.2, 0.25) is 0 Å². The fraction of sp³-hybridized carbons (Fsp3) is 0.429. The van der Waals surface area contributed by atoms with Crippen LogP contribution < -0.4 is 10.6 Å². The van der Waals surface area contributed by atoms with Crippen LogP contribution in [0.1, 0.15) is 0 Å². The maximum absolute atomic E-state index is 10.8. The lowest BCUT2D eigenvalue weighted by Gasteiger charge is -2.11. The molecule has 2 amide bonds. The molecule has 1 atom stereocenters. The van der Waals surface area contributed by atoms with Crippen LogP contribution in [0.5, 0.6) is 0 Å². The number of carbonyl (C=O) groups excluding carboxylic acids is 1. The number of nitrogens with one attached hydrogen (secondary N) is 2. The van der Waals surface area contributed by atoms with Crippen molar-refractivity contribution in [1.82, 2.24) is 10.6 Å². The summed E-state index contributed by atoms with van der Waals surface area (Å²) in [4.78, 5) is 21.1. The lowest BCUT2D eigenvalue weighted by atomic mass is 10.3. The summed E-state index contributed by atoms with van der Waals surface area (Å²) in [5.74, 6) is -1.28. The number of hydrogen-bond donors (Lipinski definition) is 4. The summed E-state index contributed by atoms with van der Waals surface area (Å²) >= 11 is 0. The minimum absolute atomic E-state index is 0.240. The van der Waals surface area contributed by atoms with E-state index in [1.165, 1.54) is 6.08 Å². The molecule has 0 saturated carbocycles. The molecule has 0 fully saturated rings. The van der Waals surface area contributed by atoms with Crippen LogP contribution in [0.15, 0.2) is 12.7 Å². The molecule has 13 heavy (non-hydrogen) atoms. The smallest absolute Gasteiger partial charge is 0.328 e. The number of amides is 2. The number of carboxylic acid groups (broad SMARTS) is 1. The zero-order valence-corrected chi connectivity index (χ0v) is 6.99. The molecule has 0 aromatic rings. The van der Waals surface area contributed by atoms with Gasteiger partial charge >= 0.3 is 12.0 Å². The van der Waals surface area contributed by atoms with Crippen molar-refractivity contribution in [2.45, 2.75) is 6.04 Å². The third-order valence-corrected chi connectivity index (χ3v) is 1.19. The van der Waals surface area contributed by atoms with Crippen LogP contribution in [0.25, 0.3) is 0 Å². The highest BCUT2D eigenvalue weighted by molar-refractivity contribution is 5.82. The van der Waals surface area contributed by atoms with Gasteiger partial charge in [-0.15, -0.1) is 6.58 Å². The van der Waals surface area contributed by atoms with Crippen molar-refractivity contribution in [3.63, 3.8) is 0 Å². The Bertz CT molecular complexity index is 205. The third kappa shape index (κ3) is 4.81. The van der Waals surface area contributed by atoms with E-state index in [2.05, 4.69) is 17.2 Å². The average Bonchev–Trinajstić information content (AvgIpc) is 2.10. The Hall–Kier alpha value is -1.56. The highest BCUT2D eigenvalue weighted by atomic mass is 16.4. The summed E-state index contributed by atoms with van der Waals surface area (Å²) < 4.78 is 0. The van der Waals surface area contributed by atoms with Gasteiger partial charge in [-0.1, -0.05) is 6.08 Å². The fourth-order valence-electron chi connectivity index (χ4n) is 0.560. The molecule has 0 aromatic carbocycles. The van der Waals surface area contributed by atoms with E-state index in [0.29, 0.717) is 0 Å². The van der Waals surface area contributed by atoms with Crippen molar-refractivity contribution >= 4 is 12.0 Å². The van der Waals surface area contributed by atoms with E-state index < -0.39 is 24.6 Å². The Morgan fingerprint density at radius 2 is 2.15 bits per heavy atom. The number of hydrogen-bond acceptors (Lipinski definition) is 3. The molecule has 6 nitrogen and oxygen atoms in total. The standard InChI is InChI=1S/C7H12N2O4/c1-2-3-8-7(13)9-5(4-10)6(11)12/h2,5,10H,1,3-4H2,(H,11,12)(H2,8,9,13)/t5-/m0/s1. The summed E-state index contributed by atoms with van der Waals surface area (Å²) in [7, 11) is 0. The summed E-state index contributed by atoms with van der Waals surface area (Å²) in [6, 6.07) is -1.92. The molecule has 74 valence electrons. The number of urea groups is 1. The number of aliphatic hydroxyl groups excluding tert-OH is 1. The molecule has 0 heterocycles. The van der Waals surface area contributed by atoms with Gasteiger partial charge in [0.05, 0.1) is 6.61 Å². The van der Waals surface area contributed by atoms with Crippen molar-refractivity contribution in [3.8, 4) is 0 Å². The molecular formula is C7H12N2O4. The second kappa shape index (κ2) is 6.01. The summed E-state index contributed by atoms with van der Waals surface area (Å²) in [5, 5.41) is 21.3. The number of rotatable bonds is 5. The first-order valence-corrected chi connectivity index (χ1v) is 3.60. The lowest BCUT2D eigenvalue weighted by Crippen LogP contribution is -2.47. The molecule has 0 bridgehead atoms. The first-order valence-electron chi connectivity index (χ1n) is 3.60. The molecule has 0 aromatic heterocycles. The van der Waals surface area contributed by atoms with Crippen molar-refractivity contribution < 1.29 is 19.8 Å². The van der Waals surface area contributed by atoms with Crippen LogP contribution >= 0.6 is 0 Å². The largest absolute Gasteiger partial charge is 0.480 e. The fourth-order valence-corrected chi connectivity index (χ4v) is 0.560. The van der Waals surface area contributed by atoms with Gasteiger partial charge in [0, 0.05) is 6.54 Å². The summed E-state index contributed by atoms with van der Waals surface area (Å²) in [6.45, 7) is 2.96. The molecule has 0 aliphatic carbocycles. The minimum atomic E-state index is -1.28. The van der Waals surface area contributed by atoms with E-state index in [-0.39, 0.29) is 6.54 Å². The van der Waals surface area contributed by atoms with Gasteiger partial charge in [0.15, 0.2) is 6.04 Å². The first-order chi connectivity index (χ1) is 6.11. The predicted molar refractivity (Wildman–Crippen MR) is 45.2 cm³/mol. The molecular weight excluding hydrogens is 176 g/mol. The van der Waals surface area contributed by atoms with Crippen molar-refractivity contribution in [3.05, 3.63) is 12.7 Å². The molecule has 0 spiro atoms. The average molecular weight is 188 g/mol. The van der Waals surface area contributed by atoms with Gasteiger partial charge in [0.1, 0.15) is 0 Å². The van der Waals surface area contributed by atoms with Gasteiger partial charge < -0.3 is 20.8 Å². The van der Waals surface area contributed by atoms with Crippen LogP contribution in [0, 0.1) is 0 Å². The van der Waals surface area contributed by atoms with Crippen LogP contribution in [-0.2, 0) is 4.79 Å². The molecule has 0 aliphatic heterocycles. The van der Waals surface area contributed by atoms with E-state index >= 15 is 0 Å². The quantitative estimate of drug-likeness (QED) is 0.412. The molecule has 4 N–H and O–H groups in total. The second-order valence-corrected chi connectivity index (χ2v) is 2.22.